The number of thioether (sulfide) groups is 1. The summed E-state index contributed by atoms with van der Waals surface area (Å²) in [6.45, 7) is 4.03. The lowest BCUT2D eigenvalue weighted by atomic mass is 9.74. The first-order chi connectivity index (χ1) is 9.03. The van der Waals surface area contributed by atoms with E-state index in [0.717, 1.165) is 35.8 Å². The number of nitrogens with two attached hydrogens (primary N) is 1. The van der Waals surface area contributed by atoms with Crippen LogP contribution in [0.5, 0.6) is 0 Å². The third-order valence-electron chi connectivity index (χ3n) is 3.48. The molecule has 2 unspecified atom stereocenters. The van der Waals surface area contributed by atoms with E-state index < -0.39 is 5.54 Å². The fraction of sp³-hybridized carbons (Fsp3) is 0.750. The topological polar surface area (TPSA) is 80.9 Å². The van der Waals surface area contributed by atoms with E-state index in [9.17, 15) is 4.79 Å². The molecule has 2 atom stereocenters. The molecule has 5 nitrogen and oxygen atoms in total. The zero-order chi connectivity index (χ0) is 13.9. The van der Waals surface area contributed by atoms with Crippen molar-refractivity contribution in [3.63, 3.8) is 0 Å². The number of rotatable bonds is 4. The molecule has 1 saturated carbocycles. The van der Waals surface area contributed by atoms with Crippen molar-refractivity contribution in [3.05, 3.63) is 0 Å². The summed E-state index contributed by atoms with van der Waals surface area (Å²) < 4.78 is 0.886. The molecule has 2 rings (SSSR count). The molecule has 1 heterocycles. The van der Waals surface area contributed by atoms with Crippen LogP contribution in [-0.4, -0.2) is 27.4 Å². The Bertz CT molecular complexity index is 447. The molecule has 0 saturated heterocycles. The fourth-order valence-electron chi connectivity index (χ4n) is 2.42. The molecule has 3 N–H and O–H groups in total. The van der Waals surface area contributed by atoms with Gasteiger partial charge < -0.3 is 11.1 Å². The Balaban J connectivity index is 1.99. The number of nitrogens with zero attached hydrogens (tertiary/aromatic N) is 2. The number of hydrogen-bond acceptors (Lipinski definition) is 6. The molecular formula is C12H20N4OS2. The summed E-state index contributed by atoms with van der Waals surface area (Å²) in [5.74, 6) is 0.799. The molecule has 1 fully saturated rings. The van der Waals surface area contributed by atoms with E-state index in [1.54, 1.807) is 11.8 Å². The van der Waals surface area contributed by atoms with Crippen molar-refractivity contribution in [1.82, 2.24) is 10.2 Å². The third-order valence-corrected chi connectivity index (χ3v) is 5.33. The molecule has 0 spiro atoms. The molecule has 1 aromatic heterocycles. The minimum absolute atomic E-state index is 0.0195. The molecule has 0 aromatic carbocycles. The molecule has 106 valence electrons. The molecule has 0 bridgehead atoms. The highest BCUT2D eigenvalue weighted by Gasteiger charge is 2.38. The van der Waals surface area contributed by atoms with Crippen molar-refractivity contribution in [2.75, 3.05) is 11.1 Å². The van der Waals surface area contributed by atoms with Gasteiger partial charge in [0.15, 0.2) is 4.34 Å². The summed E-state index contributed by atoms with van der Waals surface area (Å²) in [4.78, 5) is 12.3. The van der Waals surface area contributed by atoms with E-state index in [2.05, 4.69) is 22.4 Å². The van der Waals surface area contributed by atoms with Crippen molar-refractivity contribution in [2.24, 2.45) is 11.7 Å². The highest BCUT2D eigenvalue weighted by molar-refractivity contribution is 8.01. The second-order valence-electron chi connectivity index (χ2n) is 5.10. The number of aromatic nitrogens is 2. The van der Waals surface area contributed by atoms with Crippen LogP contribution >= 0.6 is 23.1 Å². The predicted molar refractivity (Wildman–Crippen MR) is 79.5 cm³/mol. The van der Waals surface area contributed by atoms with E-state index in [-0.39, 0.29) is 11.8 Å². The molecule has 0 radical (unpaired) electrons. The maximum absolute atomic E-state index is 12.3. The highest BCUT2D eigenvalue weighted by atomic mass is 32.2. The van der Waals surface area contributed by atoms with Gasteiger partial charge in [-0.3, -0.25) is 4.79 Å². The summed E-state index contributed by atoms with van der Waals surface area (Å²) in [5, 5.41) is 11.4. The highest BCUT2D eigenvalue weighted by Crippen LogP contribution is 2.33. The summed E-state index contributed by atoms with van der Waals surface area (Å²) >= 11 is 3.05. The van der Waals surface area contributed by atoms with Crippen molar-refractivity contribution >= 4 is 34.1 Å². The standard InChI is InChI=1S/C12H20N4OS2/c1-3-18-11-16-15-10(19-11)14-9(17)8-6-4-5-7-12(8,2)13/h8H,3-7,13H2,1-2H3,(H,14,15,17). The van der Waals surface area contributed by atoms with Gasteiger partial charge in [0.05, 0.1) is 5.92 Å². The van der Waals surface area contributed by atoms with Gasteiger partial charge in [0.25, 0.3) is 0 Å². The SMILES string of the molecule is CCSc1nnc(NC(=O)C2CCCCC2(C)N)s1. The van der Waals surface area contributed by atoms with Crippen molar-refractivity contribution < 1.29 is 4.79 Å². The monoisotopic (exact) mass is 300 g/mol. The fourth-order valence-corrected chi connectivity index (χ4v) is 4.08. The first-order valence-electron chi connectivity index (χ1n) is 6.59. The van der Waals surface area contributed by atoms with Crippen molar-refractivity contribution in [1.29, 1.82) is 0 Å². The zero-order valence-electron chi connectivity index (χ0n) is 11.3. The Labute approximate surface area is 121 Å². The van der Waals surface area contributed by atoms with Gasteiger partial charge in [0.2, 0.25) is 11.0 Å². The Morgan fingerprint density at radius 3 is 3.05 bits per heavy atom. The lowest BCUT2D eigenvalue weighted by Crippen LogP contribution is -2.51. The van der Waals surface area contributed by atoms with E-state index in [4.69, 9.17) is 5.73 Å². The van der Waals surface area contributed by atoms with Gasteiger partial charge in [0.1, 0.15) is 0 Å². The molecule has 19 heavy (non-hydrogen) atoms. The molecule has 1 aliphatic rings. The van der Waals surface area contributed by atoms with Crippen LogP contribution in [0.4, 0.5) is 5.13 Å². The quantitative estimate of drug-likeness (QED) is 0.659. The smallest absolute Gasteiger partial charge is 0.231 e. The van der Waals surface area contributed by atoms with Gasteiger partial charge in [-0.1, -0.05) is 42.9 Å². The molecule has 1 aromatic rings. The van der Waals surface area contributed by atoms with Gasteiger partial charge in [0, 0.05) is 5.54 Å². The summed E-state index contributed by atoms with van der Waals surface area (Å²) in [7, 11) is 0. The number of amides is 1. The number of hydrogen-bond donors (Lipinski definition) is 2. The third kappa shape index (κ3) is 3.67. The first kappa shape index (κ1) is 14.7. The molecule has 7 heteroatoms. The van der Waals surface area contributed by atoms with Crippen LogP contribution in [0.3, 0.4) is 0 Å². The maximum atomic E-state index is 12.3. The van der Waals surface area contributed by atoms with Crippen LogP contribution in [0.25, 0.3) is 0 Å². The average Bonchev–Trinajstić information content (AvgIpc) is 2.76. The normalized spacial score (nSPS) is 27.2. The minimum Gasteiger partial charge on any atom is -0.325 e. The first-order valence-corrected chi connectivity index (χ1v) is 8.39. The number of nitrogens with one attached hydrogen (secondary N) is 1. The summed E-state index contributed by atoms with van der Waals surface area (Å²) in [6.07, 6.45) is 3.93. The van der Waals surface area contributed by atoms with Gasteiger partial charge in [-0.2, -0.15) is 0 Å². The van der Waals surface area contributed by atoms with Crippen LogP contribution in [0.1, 0.15) is 39.5 Å². The van der Waals surface area contributed by atoms with Crippen LogP contribution in [0, 0.1) is 5.92 Å². The van der Waals surface area contributed by atoms with Gasteiger partial charge in [-0.15, -0.1) is 10.2 Å². The average molecular weight is 300 g/mol. The Kier molecular flexibility index (Phi) is 4.81. The zero-order valence-corrected chi connectivity index (χ0v) is 12.9. The van der Waals surface area contributed by atoms with Gasteiger partial charge in [-0.25, -0.2) is 0 Å². The number of carbonyl (C=O) groups is 1. The Hall–Kier alpha value is -0.660. The number of carbonyl (C=O) groups excluding carboxylic acids is 1. The molecule has 1 aliphatic carbocycles. The lowest BCUT2D eigenvalue weighted by molar-refractivity contribution is -0.122. The minimum atomic E-state index is -0.409. The van der Waals surface area contributed by atoms with Crippen LogP contribution in [-0.2, 0) is 4.79 Å². The van der Waals surface area contributed by atoms with Crippen molar-refractivity contribution in [2.45, 2.75) is 49.4 Å². The van der Waals surface area contributed by atoms with Crippen LogP contribution in [0.15, 0.2) is 4.34 Å². The summed E-state index contributed by atoms with van der Waals surface area (Å²) in [5.41, 5.74) is 5.82. The van der Waals surface area contributed by atoms with Crippen molar-refractivity contribution in [3.8, 4) is 0 Å². The second kappa shape index (κ2) is 6.19. The molecule has 0 aliphatic heterocycles. The Morgan fingerprint density at radius 2 is 2.37 bits per heavy atom. The van der Waals surface area contributed by atoms with Gasteiger partial charge >= 0.3 is 0 Å². The van der Waals surface area contributed by atoms with E-state index in [1.165, 1.54) is 11.3 Å². The summed E-state index contributed by atoms with van der Waals surface area (Å²) in [6, 6.07) is 0. The van der Waals surface area contributed by atoms with Gasteiger partial charge in [-0.05, 0) is 25.5 Å². The Morgan fingerprint density at radius 1 is 1.58 bits per heavy atom. The second-order valence-corrected chi connectivity index (χ2v) is 7.59. The molecule has 1 amide bonds. The largest absolute Gasteiger partial charge is 0.325 e. The maximum Gasteiger partial charge on any atom is 0.231 e. The van der Waals surface area contributed by atoms with E-state index in [0.29, 0.717) is 5.13 Å². The predicted octanol–water partition coefficient (Wildman–Crippen LogP) is 2.50. The molecular weight excluding hydrogens is 280 g/mol. The van der Waals surface area contributed by atoms with E-state index in [1.807, 2.05) is 6.92 Å². The van der Waals surface area contributed by atoms with Crippen LogP contribution in [0.2, 0.25) is 0 Å². The van der Waals surface area contributed by atoms with E-state index >= 15 is 0 Å². The van der Waals surface area contributed by atoms with Crippen LogP contribution < -0.4 is 11.1 Å². The number of anilines is 1. The lowest BCUT2D eigenvalue weighted by Gasteiger charge is -2.36.